The van der Waals surface area contributed by atoms with Crippen molar-refractivity contribution in [3.8, 4) is 5.75 Å². The van der Waals surface area contributed by atoms with Gasteiger partial charge in [-0.1, -0.05) is 0 Å². The summed E-state index contributed by atoms with van der Waals surface area (Å²) >= 11 is 1.54. The van der Waals surface area contributed by atoms with Crippen LogP contribution in [0.2, 0.25) is 0 Å². The van der Waals surface area contributed by atoms with Crippen LogP contribution in [0.4, 0.5) is 5.69 Å². The number of aryl methyl sites for hydroxylation is 2. The molecule has 0 saturated heterocycles. The highest BCUT2D eigenvalue weighted by atomic mass is 32.2. The van der Waals surface area contributed by atoms with Crippen molar-refractivity contribution >= 4 is 27.0 Å². The van der Waals surface area contributed by atoms with Gasteiger partial charge < -0.3 is 4.74 Å². The lowest BCUT2D eigenvalue weighted by Crippen LogP contribution is -2.30. The van der Waals surface area contributed by atoms with Crippen molar-refractivity contribution in [2.24, 2.45) is 7.05 Å². The van der Waals surface area contributed by atoms with Crippen molar-refractivity contribution < 1.29 is 13.2 Å². The van der Waals surface area contributed by atoms with Gasteiger partial charge >= 0.3 is 0 Å². The number of hydrogen-bond donors (Lipinski definition) is 0. The molecular formula is C17H19N3O3S2. The maximum Gasteiger partial charge on any atom is 0.264 e. The molecule has 0 fully saturated rings. The average Bonchev–Trinajstić information content (AvgIpc) is 3.21. The maximum absolute atomic E-state index is 13.3. The molecule has 2 aromatic heterocycles. The summed E-state index contributed by atoms with van der Waals surface area (Å²) in [5, 5.41) is 8.17. The number of aromatic nitrogens is 2. The molecule has 3 rings (SSSR count). The maximum atomic E-state index is 13.3. The standard InChI is InChI=1S/C17H19N3O3S2/c1-13-17(11-19(2)18-13)20(10-14-8-9-24-12-14)25(21,22)16-6-4-15(23-3)5-7-16/h4-9,11-12H,10H2,1-3H3. The van der Waals surface area contributed by atoms with Crippen LogP contribution in [0.25, 0.3) is 0 Å². The molecule has 0 aliphatic rings. The molecule has 0 atom stereocenters. The first-order valence-electron chi connectivity index (χ1n) is 7.60. The number of hydrogen-bond acceptors (Lipinski definition) is 5. The number of benzene rings is 1. The minimum absolute atomic E-state index is 0.215. The van der Waals surface area contributed by atoms with Crippen molar-refractivity contribution in [1.82, 2.24) is 9.78 Å². The number of ether oxygens (including phenoxy) is 1. The number of thiophene rings is 1. The van der Waals surface area contributed by atoms with Gasteiger partial charge in [0.1, 0.15) is 5.75 Å². The third-order valence-electron chi connectivity index (χ3n) is 3.81. The van der Waals surface area contributed by atoms with Crippen molar-refractivity contribution in [2.45, 2.75) is 18.4 Å². The van der Waals surface area contributed by atoms with Crippen LogP contribution in [0.15, 0.2) is 52.2 Å². The molecule has 0 bridgehead atoms. The Hall–Kier alpha value is -2.32. The SMILES string of the molecule is COc1ccc(S(=O)(=O)N(Cc2ccsc2)c2cn(C)nc2C)cc1. The number of anilines is 1. The normalized spacial score (nSPS) is 11.5. The van der Waals surface area contributed by atoms with Crippen LogP contribution in [0.3, 0.4) is 0 Å². The van der Waals surface area contributed by atoms with Gasteiger partial charge in [0.15, 0.2) is 0 Å². The molecule has 3 aromatic rings. The Balaban J connectivity index is 2.07. The van der Waals surface area contributed by atoms with E-state index in [1.54, 1.807) is 56.2 Å². The van der Waals surface area contributed by atoms with E-state index in [0.717, 1.165) is 5.56 Å². The molecule has 0 N–H and O–H groups in total. The molecule has 0 saturated carbocycles. The fraction of sp³-hybridized carbons (Fsp3) is 0.235. The Labute approximate surface area is 151 Å². The van der Waals surface area contributed by atoms with Gasteiger partial charge in [-0.15, -0.1) is 0 Å². The van der Waals surface area contributed by atoms with Gasteiger partial charge in [-0.2, -0.15) is 16.4 Å². The summed E-state index contributed by atoms with van der Waals surface area (Å²) in [4.78, 5) is 0.215. The largest absolute Gasteiger partial charge is 0.497 e. The van der Waals surface area contributed by atoms with E-state index >= 15 is 0 Å². The van der Waals surface area contributed by atoms with Gasteiger partial charge in [-0.3, -0.25) is 8.99 Å². The summed E-state index contributed by atoms with van der Waals surface area (Å²) in [5.41, 5.74) is 2.17. The number of nitrogens with zero attached hydrogens (tertiary/aromatic N) is 3. The van der Waals surface area contributed by atoms with Crippen LogP contribution in [0, 0.1) is 6.92 Å². The highest BCUT2D eigenvalue weighted by Crippen LogP contribution is 2.29. The van der Waals surface area contributed by atoms with Crippen LogP contribution in [0.1, 0.15) is 11.3 Å². The third kappa shape index (κ3) is 3.54. The Kier molecular flexibility index (Phi) is 4.82. The Bertz CT molecular complexity index is 946. The minimum atomic E-state index is -3.74. The summed E-state index contributed by atoms with van der Waals surface area (Å²) in [6.07, 6.45) is 1.72. The van der Waals surface area contributed by atoms with Crippen LogP contribution >= 0.6 is 11.3 Å². The number of sulfonamides is 1. The molecular weight excluding hydrogens is 358 g/mol. The topological polar surface area (TPSA) is 64.4 Å². The summed E-state index contributed by atoms with van der Waals surface area (Å²) in [5.74, 6) is 0.612. The summed E-state index contributed by atoms with van der Waals surface area (Å²) < 4.78 is 34.7. The van der Waals surface area contributed by atoms with Crippen LogP contribution < -0.4 is 9.04 Å². The minimum Gasteiger partial charge on any atom is -0.497 e. The molecule has 0 spiro atoms. The molecule has 25 heavy (non-hydrogen) atoms. The summed E-state index contributed by atoms with van der Waals surface area (Å²) in [6, 6.07) is 8.32. The van der Waals surface area contributed by atoms with Crippen molar-refractivity contribution in [2.75, 3.05) is 11.4 Å². The van der Waals surface area contributed by atoms with Crippen molar-refractivity contribution in [1.29, 1.82) is 0 Å². The summed E-state index contributed by atoms with van der Waals surface area (Å²) in [7, 11) is -0.411. The predicted octanol–water partition coefficient (Wildman–Crippen LogP) is 3.19. The van der Waals surface area contributed by atoms with E-state index in [0.29, 0.717) is 17.1 Å². The monoisotopic (exact) mass is 377 g/mol. The first kappa shape index (κ1) is 17.5. The molecule has 0 radical (unpaired) electrons. The second kappa shape index (κ2) is 6.89. The quantitative estimate of drug-likeness (QED) is 0.662. The fourth-order valence-corrected chi connectivity index (χ4v) is 4.71. The van der Waals surface area contributed by atoms with E-state index in [4.69, 9.17) is 4.74 Å². The van der Waals surface area contributed by atoms with Crippen LogP contribution in [0.5, 0.6) is 5.75 Å². The van der Waals surface area contributed by atoms with Gasteiger partial charge in [-0.05, 0) is 53.6 Å². The summed E-state index contributed by atoms with van der Waals surface area (Å²) in [6.45, 7) is 2.06. The number of methoxy groups -OCH3 is 1. The number of rotatable bonds is 6. The van der Waals surface area contributed by atoms with Crippen LogP contribution in [-0.4, -0.2) is 25.3 Å². The van der Waals surface area contributed by atoms with E-state index < -0.39 is 10.0 Å². The van der Waals surface area contributed by atoms with E-state index in [1.165, 1.54) is 15.6 Å². The first-order chi connectivity index (χ1) is 11.9. The van der Waals surface area contributed by atoms with Gasteiger partial charge in [0.2, 0.25) is 0 Å². The lowest BCUT2D eigenvalue weighted by atomic mass is 10.3. The first-order valence-corrected chi connectivity index (χ1v) is 9.98. The van der Waals surface area contributed by atoms with Crippen molar-refractivity contribution in [3.05, 3.63) is 58.5 Å². The van der Waals surface area contributed by atoms with E-state index in [-0.39, 0.29) is 11.4 Å². The third-order valence-corrected chi connectivity index (χ3v) is 6.32. The fourth-order valence-electron chi connectivity index (χ4n) is 2.55. The lowest BCUT2D eigenvalue weighted by molar-refractivity contribution is 0.414. The van der Waals surface area contributed by atoms with Gasteiger partial charge in [0, 0.05) is 13.2 Å². The molecule has 0 amide bonds. The van der Waals surface area contributed by atoms with Crippen LogP contribution in [-0.2, 0) is 23.6 Å². The zero-order valence-corrected chi connectivity index (χ0v) is 15.8. The zero-order chi connectivity index (χ0) is 18.0. The molecule has 0 aliphatic carbocycles. The Morgan fingerprint density at radius 2 is 1.96 bits per heavy atom. The molecule has 0 aliphatic heterocycles. The highest BCUT2D eigenvalue weighted by molar-refractivity contribution is 7.92. The van der Waals surface area contributed by atoms with E-state index in [2.05, 4.69) is 5.10 Å². The van der Waals surface area contributed by atoms with Gasteiger partial charge in [-0.25, -0.2) is 8.42 Å². The van der Waals surface area contributed by atoms with Gasteiger partial charge in [0.25, 0.3) is 10.0 Å². The smallest absolute Gasteiger partial charge is 0.264 e. The molecule has 0 unspecified atom stereocenters. The molecule has 1 aromatic carbocycles. The predicted molar refractivity (Wildman–Crippen MR) is 98.6 cm³/mol. The molecule has 8 heteroatoms. The second-order valence-corrected chi connectivity index (χ2v) is 8.23. The molecule has 132 valence electrons. The zero-order valence-electron chi connectivity index (χ0n) is 14.2. The molecule has 2 heterocycles. The Morgan fingerprint density at radius 3 is 2.48 bits per heavy atom. The van der Waals surface area contributed by atoms with Crippen molar-refractivity contribution in [3.63, 3.8) is 0 Å². The molecule has 6 nitrogen and oxygen atoms in total. The Morgan fingerprint density at radius 1 is 1.24 bits per heavy atom. The lowest BCUT2D eigenvalue weighted by Gasteiger charge is -2.23. The average molecular weight is 377 g/mol. The van der Waals surface area contributed by atoms with Gasteiger partial charge in [0.05, 0.1) is 29.9 Å². The second-order valence-electron chi connectivity index (χ2n) is 5.59. The van der Waals surface area contributed by atoms with E-state index in [9.17, 15) is 8.42 Å². The van der Waals surface area contributed by atoms with E-state index in [1.807, 2.05) is 16.8 Å². The highest BCUT2D eigenvalue weighted by Gasteiger charge is 2.28.